The van der Waals surface area contributed by atoms with Crippen molar-refractivity contribution in [2.24, 2.45) is 0 Å². The Morgan fingerprint density at radius 2 is 1.81 bits per heavy atom. The zero-order valence-corrected chi connectivity index (χ0v) is 13.7. The summed E-state index contributed by atoms with van der Waals surface area (Å²) in [5.41, 5.74) is 3.01. The number of fused-ring (bicyclic) bond motifs is 1. The molecule has 118 valence electrons. The van der Waals surface area contributed by atoms with Crippen LogP contribution in [0.25, 0.3) is 0 Å². The highest BCUT2D eigenvalue weighted by Gasteiger charge is 2.09. The molecule has 1 aromatic carbocycles. The van der Waals surface area contributed by atoms with Crippen LogP contribution >= 0.6 is 0 Å². The molecule has 0 heterocycles. The summed E-state index contributed by atoms with van der Waals surface area (Å²) < 4.78 is 5.86. The first-order chi connectivity index (χ1) is 10.3. The number of nitrogens with one attached hydrogen (secondary N) is 1. The molecule has 0 atom stereocenters. The molecule has 0 saturated carbocycles. The molecule has 3 nitrogen and oxygen atoms in total. The van der Waals surface area contributed by atoms with Crippen LogP contribution in [0.5, 0.6) is 5.75 Å². The van der Waals surface area contributed by atoms with Gasteiger partial charge in [0.25, 0.3) is 0 Å². The number of hydrogen-bond donors (Lipinski definition) is 1. The van der Waals surface area contributed by atoms with E-state index in [4.69, 9.17) is 4.74 Å². The van der Waals surface area contributed by atoms with Crippen molar-refractivity contribution in [2.45, 2.75) is 39.5 Å². The van der Waals surface area contributed by atoms with E-state index in [0.717, 1.165) is 45.1 Å². The highest BCUT2D eigenvalue weighted by atomic mass is 16.5. The summed E-state index contributed by atoms with van der Waals surface area (Å²) in [4.78, 5) is 2.43. The highest BCUT2D eigenvalue weighted by Crippen LogP contribution is 2.25. The predicted molar refractivity (Wildman–Crippen MR) is 89.2 cm³/mol. The second kappa shape index (κ2) is 9.06. The fourth-order valence-electron chi connectivity index (χ4n) is 2.94. The summed E-state index contributed by atoms with van der Waals surface area (Å²) in [5.74, 6) is 1.03. The average Bonchev–Trinajstić information content (AvgIpc) is 2.54. The standard InChI is InChI=1S/C18H30N2O/c1-3-20(4-2)13-11-19-12-14-21-18-10-9-16-7-5-6-8-17(16)15-18/h9-10,15,19H,3-8,11-14H2,1-2H3. The molecule has 0 radical (unpaired) electrons. The lowest BCUT2D eigenvalue weighted by atomic mass is 9.92. The molecule has 3 heteroatoms. The molecule has 1 N–H and O–H groups in total. The molecule has 1 aliphatic carbocycles. The lowest BCUT2D eigenvalue weighted by Crippen LogP contribution is -2.33. The first kappa shape index (κ1) is 16.3. The summed E-state index contributed by atoms with van der Waals surface area (Å²) >= 11 is 0. The van der Waals surface area contributed by atoms with E-state index in [1.54, 1.807) is 0 Å². The van der Waals surface area contributed by atoms with Gasteiger partial charge in [-0.15, -0.1) is 0 Å². The number of ether oxygens (including phenoxy) is 1. The number of benzene rings is 1. The number of aryl methyl sites for hydroxylation is 2. The third kappa shape index (κ3) is 5.33. The van der Waals surface area contributed by atoms with Gasteiger partial charge in [0.15, 0.2) is 0 Å². The Labute approximate surface area is 129 Å². The second-order valence-electron chi connectivity index (χ2n) is 5.76. The average molecular weight is 290 g/mol. The molecule has 0 saturated heterocycles. The SMILES string of the molecule is CCN(CC)CCNCCOc1ccc2c(c1)CCCC2. The van der Waals surface area contributed by atoms with E-state index < -0.39 is 0 Å². The topological polar surface area (TPSA) is 24.5 Å². The number of rotatable bonds is 9. The van der Waals surface area contributed by atoms with Gasteiger partial charge in [0.2, 0.25) is 0 Å². The molecule has 0 bridgehead atoms. The summed E-state index contributed by atoms with van der Waals surface area (Å²) in [7, 11) is 0. The Kier molecular flexibility index (Phi) is 7.04. The molecular weight excluding hydrogens is 260 g/mol. The third-order valence-corrected chi connectivity index (χ3v) is 4.37. The van der Waals surface area contributed by atoms with Gasteiger partial charge < -0.3 is 15.0 Å². The molecule has 1 aromatic rings. The first-order valence-electron chi connectivity index (χ1n) is 8.51. The Balaban J connectivity index is 1.63. The molecule has 0 spiro atoms. The van der Waals surface area contributed by atoms with E-state index >= 15 is 0 Å². The third-order valence-electron chi connectivity index (χ3n) is 4.37. The van der Waals surface area contributed by atoms with Crippen LogP contribution in [0.2, 0.25) is 0 Å². The Hall–Kier alpha value is -1.06. The minimum absolute atomic E-state index is 0.747. The van der Waals surface area contributed by atoms with Crippen LogP contribution in [0.1, 0.15) is 37.8 Å². The van der Waals surface area contributed by atoms with Gasteiger partial charge in [0.05, 0.1) is 0 Å². The summed E-state index contributed by atoms with van der Waals surface area (Å²) in [6.45, 7) is 10.5. The summed E-state index contributed by atoms with van der Waals surface area (Å²) in [6.07, 6.45) is 5.12. The zero-order chi connectivity index (χ0) is 14.9. The van der Waals surface area contributed by atoms with Crippen molar-refractivity contribution in [3.8, 4) is 5.75 Å². The molecule has 0 aromatic heterocycles. The fraction of sp³-hybridized carbons (Fsp3) is 0.667. The van der Waals surface area contributed by atoms with E-state index in [2.05, 4.69) is 42.3 Å². The molecule has 0 unspecified atom stereocenters. The molecule has 0 fully saturated rings. The Bertz CT molecular complexity index is 416. The van der Waals surface area contributed by atoms with Crippen LogP contribution in [-0.4, -0.2) is 44.2 Å². The van der Waals surface area contributed by atoms with Crippen LogP contribution in [-0.2, 0) is 12.8 Å². The summed E-state index contributed by atoms with van der Waals surface area (Å²) in [5, 5.41) is 3.45. The van der Waals surface area contributed by atoms with Crippen molar-refractivity contribution < 1.29 is 4.74 Å². The Morgan fingerprint density at radius 3 is 2.57 bits per heavy atom. The van der Waals surface area contributed by atoms with Gasteiger partial charge in [-0.05, 0) is 62.0 Å². The molecule has 0 amide bonds. The van der Waals surface area contributed by atoms with Crippen molar-refractivity contribution in [2.75, 3.05) is 39.3 Å². The minimum Gasteiger partial charge on any atom is -0.492 e. The van der Waals surface area contributed by atoms with E-state index in [1.807, 2.05) is 0 Å². The summed E-state index contributed by atoms with van der Waals surface area (Å²) in [6, 6.07) is 6.61. The van der Waals surface area contributed by atoms with Crippen LogP contribution in [0, 0.1) is 0 Å². The zero-order valence-electron chi connectivity index (χ0n) is 13.7. The molecule has 0 aliphatic heterocycles. The maximum absolute atomic E-state index is 5.86. The number of likely N-dealkylation sites (N-methyl/N-ethyl adjacent to an activating group) is 1. The van der Waals surface area contributed by atoms with Gasteiger partial charge >= 0.3 is 0 Å². The van der Waals surface area contributed by atoms with Crippen LogP contribution in [0.3, 0.4) is 0 Å². The first-order valence-corrected chi connectivity index (χ1v) is 8.51. The second-order valence-corrected chi connectivity index (χ2v) is 5.76. The van der Waals surface area contributed by atoms with Crippen molar-refractivity contribution in [1.29, 1.82) is 0 Å². The van der Waals surface area contributed by atoms with Gasteiger partial charge in [-0.2, -0.15) is 0 Å². The van der Waals surface area contributed by atoms with E-state index in [1.165, 1.54) is 36.8 Å². The maximum atomic E-state index is 5.86. The van der Waals surface area contributed by atoms with Crippen molar-refractivity contribution >= 4 is 0 Å². The smallest absolute Gasteiger partial charge is 0.119 e. The van der Waals surface area contributed by atoms with Gasteiger partial charge in [-0.1, -0.05) is 19.9 Å². The van der Waals surface area contributed by atoms with Gasteiger partial charge in [-0.25, -0.2) is 0 Å². The van der Waals surface area contributed by atoms with Crippen molar-refractivity contribution in [3.05, 3.63) is 29.3 Å². The molecular formula is C18H30N2O. The lowest BCUT2D eigenvalue weighted by molar-refractivity contribution is 0.285. The fourth-order valence-corrected chi connectivity index (χ4v) is 2.94. The van der Waals surface area contributed by atoms with Crippen LogP contribution < -0.4 is 10.1 Å². The van der Waals surface area contributed by atoms with Gasteiger partial charge in [0.1, 0.15) is 12.4 Å². The number of hydrogen-bond acceptors (Lipinski definition) is 3. The van der Waals surface area contributed by atoms with Crippen molar-refractivity contribution in [3.63, 3.8) is 0 Å². The van der Waals surface area contributed by atoms with E-state index in [9.17, 15) is 0 Å². The van der Waals surface area contributed by atoms with Gasteiger partial charge in [0, 0.05) is 19.6 Å². The van der Waals surface area contributed by atoms with E-state index in [0.29, 0.717) is 0 Å². The minimum atomic E-state index is 0.747. The Morgan fingerprint density at radius 1 is 1.05 bits per heavy atom. The predicted octanol–water partition coefficient (Wildman–Crippen LogP) is 2.88. The quantitative estimate of drug-likeness (QED) is 0.708. The van der Waals surface area contributed by atoms with Crippen LogP contribution in [0.4, 0.5) is 0 Å². The number of nitrogens with zero attached hydrogens (tertiary/aromatic N) is 1. The normalized spacial score (nSPS) is 14.2. The maximum Gasteiger partial charge on any atom is 0.119 e. The highest BCUT2D eigenvalue weighted by molar-refractivity contribution is 5.37. The monoisotopic (exact) mass is 290 g/mol. The van der Waals surface area contributed by atoms with Crippen molar-refractivity contribution in [1.82, 2.24) is 10.2 Å². The lowest BCUT2D eigenvalue weighted by Gasteiger charge is -2.18. The molecule has 21 heavy (non-hydrogen) atoms. The largest absolute Gasteiger partial charge is 0.492 e. The van der Waals surface area contributed by atoms with E-state index in [-0.39, 0.29) is 0 Å². The van der Waals surface area contributed by atoms with Crippen LogP contribution in [0.15, 0.2) is 18.2 Å². The molecule has 2 rings (SSSR count). The molecule has 1 aliphatic rings. The van der Waals surface area contributed by atoms with Gasteiger partial charge in [-0.3, -0.25) is 0 Å².